The highest BCUT2D eigenvalue weighted by atomic mass is 35.5. The number of carbonyl (C=O) groups is 1. The van der Waals surface area contributed by atoms with E-state index in [0.29, 0.717) is 16.3 Å². The highest BCUT2D eigenvalue weighted by Crippen LogP contribution is 2.23. The zero-order valence-corrected chi connectivity index (χ0v) is 16.4. The average molecular weight is 410 g/mol. The lowest BCUT2D eigenvalue weighted by Crippen LogP contribution is -2.28. The molecule has 0 aliphatic heterocycles. The predicted molar refractivity (Wildman–Crippen MR) is 101 cm³/mol. The quantitative estimate of drug-likeness (QED) is 0.717. The minimum atomic E-state index is -3.75. The maximum absolute atomic E-state index is 14.0. The first-order valence-electron chi connectivity index (χ1n) is 7.99. The monoisotopic (exact) mass is 409 g/mol. The first-order valence-corrected chi connectivity index (χ1v) is 10.3. The van der Waals surface area contributed by atoms with Crippen LogP contribution in [0.15, 0.2) is 41.6 Å². The lowest BCUT2D eigenvalue weighted by molar-refractivity contribution is 0.0932. The Balaban J connectivity index is 1.86. The van der Waals surface area contributed by atoms with Crippen molar-refractivity contribution in [3.63, 3.8) is 0 Å². The fourth-order valence-corrected chi connectivity index (χ4v) is 3.65. The second-order valence-corrected chi connectivity index (χ2v) is 8.68. The molecule has 2 aromatic heterocycles. The molecule has 9 heteroatoms. The number of fused-ring (bicyclic) bond motifs is 1. The van der Waals surface area contributed by atoms with Crippen molar-refractivity contribution in [3.8, 4) is 0 Å². The SMILES string of the molecule is CC(NC(=O)c1cc2ccc(Cl)cc2n1C)c1cnc(S(C)(=O)=O)c(F)c1. The van der Waals surface area contributed by atoms with Gasteiger partial charge in [-0.05, 0) is 36.8 Å². The topological polar surface area (TPSA) is 81.1 Å². The first kappa shape index (κ1) is 19.3. The maximum atomic E-state index is 14.0. The highest BCUT2D eigenvalue weighted by molar-refractivity contribution is 7.90. The Kier molecular flexibility index (Phi) is 4.96. The number of rotatable bonds is 4. The number of aromatic nitrogens is 2. The summed E-state index contributed by atoms with van der Waals surface area (Å²) in [4.78, 5) is 16.3. The smallest absolute Gasteiger partial charge is 0.268 e. The van der Waals surface area contributed by atoms with Crippen molar-refractivity contribution in [2.24, 2.45) is 7.05 Å². The van der Waals surface area contributed by atoms with Crippen molar-refractivity contribution in [2.75, 3.05) is 6.26 Å². The van der Waals surface area contributed by atoms with Gasteiger partial charge < -0.3 is 9.88 Å². The van der Waals surface area contributed by atoms with E-state index >= 15 is 0 Å². The van der Waals surface area contributed by atoms with Crippen LogP contribution in [0.3, 0.4) is 0 Å². The Morgan fingerprint density at radius 1 is 1.30 bits per heavy atom. The lowest BCUT2D eigenvalue weighted by Gasteiger charge is -2.15. The number of nitrogens with zero attached hydrogens (tertiary/aromatic N) is 2. The zero-order chi connectivity index (χ0) is 19.9. The van der Waals surface area contributed by atoms with Crippen LogP contribution in [0.1, 0.15) is 29.0 Å². The number of nitrogens with one attached hydrogen (secondary N) is 1. The standard InChI is InChI=1S/C18H17ClFN3O3S/c1-10(12-6-14(20)18(21-9-12)27(3,25)26)22-17(24)16-7-11-4-5-13(19)8-15(11)23(16)2/h4-10H,1-3H3,(H,22,24). The van der Waals surface area contributed by atoms with Gasteiger partial charge in [0, 0.05) is 35.4 Å². The van der Waals surface area contributed by atoms with Crippen LogP contribution < -0.4 is 5.32 Å². The molecule has 0 radical (unpaired) electrons. The normalized spacial score (nSPS) is 12.9. The third-order valence-corrected chi connectivity index (χ3v) is 5.51. The molecule has 142 valence electrons. The highest BCUT2D eigenvalue weighted by Gasteiger charge is 2.20. The van der Waals surface area contributed by atoms with Crippen molar-refractivity contribution in [2.45, 2.75) is 18.0 Å². The van der Waals surface area contributed by atoms with Crippen molar-refractivity contribution >= 4 is 38.2 Å². The summed E-state index contributed by atoms with van der Waals surface area (Å²) >= 11 is 6.00. The Morgan fingerprint density at radius 3 is 2.63 bits per heavy atom. The summed E-state index contributed by atoms with van der Waals surface area (Å²) in [6, 6.07) is 7.55. The second kappa shape index (κ2) is 6.94. The summed E-state index contributed by atoms with van der Waals surface area (Å²) in [7, 11) is -2.00. The third kappa shape index (κ3) is 3.81. The Hall–Kier alpha value is -2.45. The number of carbonyl (C=O) groups excluding carboxylic acids is 1. The Labute approximate surface area is 160 Å². The minimum absolute atomic E-state index is 0.357. The number of sulfone groups is 1. The van der Waals surface area contributed by atoms with Crippen LogP contribution in [-0.2, 0) is 16.9 Å². The molecule has 1 aromatic carbocycles. The molecule has 3 rings (SSSR count). The van der Waals surface area contributed by atoms with E-state index in [4.69, 9.17) is 11.6 Å². The van der Waals surface area contributed by atoms with Gasteiger partial charge in [-0.1, -0.05) is 17.7 Å². The van der Waals surface area contributed by atoms with E-state index in [-0.39, 0.29) is 5.91 Å². The number of benzene rings is 1. The molecule has 3 aromatic rings. The van der Waals surface area contributed by atoms with Gasteiger partial charge in [0.15, 0.2) is 20.7 Å². The second-order valence-electron chi connectivity index (χ2n) is 6.31. The number of aryl methyl sites for hydroxylation is 1. The molecule has 1 amide bonds. The van der Waals surface area contributed by atoms with E-state index < -0.39 is 26.7 Å². The summed E-state index contributed by atoms with van der Waals surface area (Å²) in [6.45, 7) is 1.66. The summed E-state index contributed by atoms with van der Waals surface area (Å²) in [5, 5.41) is 3.58. The number of pyridine rings is 1. The van der Waals surface area contributed by atoms with Crippen LogP contribution in [0, 0.1) is 5.82 Å². The van der Waals surface area contributed by atoms with Gasteiger partial charge in [0.1, 0.15) is 5.69 Å². The molecule has 1 unspecified atom stereocenters. The zero-order valence-electron chi connectivity index (χ0n) is 14.8. The van der Waals surface area contributed by atoms with E-state index in [0.717, 1.165) is 23.2 Å². The summed E-state index contributed by atoms with van der Waals surface area (Å²) in [6.07, 6.45) is 2.13. The van der Waals surface area contributed by atoms with E-state index in [9.17, 15) is 17.6 Å². The van der Waals surface area contributed by atoms with Gasteiger partial charge in [0.2, 0.25) is 0 Å². The molecule has 6 nitrogen and oxygen atoms in total. The molecule has 0 aliphatic rings. The lowest BCUT2D eigenvalue weighted by atomic mass is 10.1. The van der Waals surface area contributed by atoms with Gasteiger partial charge in [-0.25, -0.2) is 17.8 Å². The van der Waals surface area contributed by atoms with E-state index in [1.807, 2.05) is 6.07 Å². The molecule has 2 heterocycles. The maximum Gasteiger partial charge on any atom is 0.268 e. The number of hydrogen-bond donors (Lipinski definition) is 1. The van der Waals surface area contributed by atoms with Crippen LogP contribution in [0.2, 0.25) is 5.02 Å². The van der Waals surface area contributed by atoms with Crippen LogP contribution in [0.25, 0.3) is 10.9 Å². The molecule has 0 spiro atoms. The summed E-state index contributed by atoms with van der Waals surface area (Å²) in [5.41, 5.74) is 1.58. The van der Waals surface area contributed by atoms with Gasteiger partial charge in [-0.2, -0.15) is 0 Å². The van der Waals surface area contributed by atoms with Crippen LogP contribution >= 0.6 is 11.6 Å². The van der Waals surface area contributed by atoms with Crippen molar-refractivity contribution in [3.05, 3.63) is 58.6 Å². The number of amides is 1. The minimum Gasteiger partial charge on any atom is -0.344 e. The van der Waals surface area contributed by atoms with Crippen LogP contribution in [0.5, 0.6) is 0 Å². The fraction of sp³-hybridized carbons (Fsp3) is 0.222. The summed E-state index contributed by atoms with van der Waals surface area (Å²) < 4.78 is 38.7. The van der Waals surface area contributed by atoms with Gasteiger partial charge in [0.05, 0.1) is 6.04 Å². The number of hydrogen-bond acceptors (Lipinski definition) is 4. The Bertz CT molecular complexity index is 1160. The molecule has 0 saturated heterocycles. The molecule has 0 saturated carbocycles. The molecule has 1 N–H and O–H groups in total. The van der Waals surface area contributed by atoms with Crippen LogP contribution in [0.4, 0.5) is 4.39 Å². The van der Waals surface area contributed by atoms with Gasteiger partial charge >= 0.3 is 0 Å². The third-order valence-electron chi connectivity index (χ3n) is 4.27. The van der Waals surface area contributed by atoms with Gasteiger partial charge in [-0.3, -0.25) is 4.79 Å². The first-order chi connectivity index (χ1) is 12.6. The van der Waals surface area contributed by atoms with E-state index in [1.54, 1.807) is 36.7 Å². The fourth-order valence-electron chi connectivity index (χ4n) is 2.82. The van der Waals surface area contributed by atoms with E-state index in [2.05, 4.69) is 10.3 Å². The molecule has 1 atom stereocenters. The molecular formula is C18H17ClFN3O3S. The summed E-state index contributed by atoms with van der Waals surface area (Å²) in [5.74, 6) is -1.31. The molecule has 0 fully saturated rings. The van der Waals surface area contributed by atoms with Gasteiger partial charge in [-0.15, -0.1) is 0 Å². The number of halogens is 2. The van der Waals surface area contributed by atoms with Gasteiger partial charge in [0.25, 0.3) is 5.91 Å². The predicted octanol–water partition coefficient (Wildman–Crippen LogP) is 3.26. The average Bonchev–Trinajstić information content (AvgIpc) is 2.90. The van der Waals surface area contributed by atoms with Crippen molar-refractivity contribution < 1.29 is 17.6 Å². The molecule has 0 aliphatic carbocycles. The van der Waals surface area contributed by atoms with E-state index in [1.165, 1.54) is 6.20 Å². The largest absolute Gasteiger partial charge is 0.344 e. The molecule has 27 heavy (non-hydrogen) atoms. The Morgan fingerprint density at radius 2 is 2.00 bits per heavy atom. The molecular weight excluding hydrogens is 393 g/mol. The van der Waals surface area contributed by atoms with Crippen LogP contribution in [-0.4, -0.2) is 30.1 Å². The van der Waals surface area contributed by atoms with Crippen molar-refractivity contribution in [1.29, 1.82) is 0 Å². The molecule has 0 bridgehead atoms. The van der Waals surface area contributed by atoms with Crippen molar-refractivity contribution in [1.82, 2.24) is 14.9 Å².